The van der Waals surface area contributed by atoms with Crippen LogP contribution in [0.5, 0.6) is 0 Å². The van der Waals surface area contributed by atoms with Gasteiger partial charge >= 0.3 is 5.97 Å². The molecule has 3 rings (SSSR count). The fourth-order valence-electron chi connectivity index (χ4n) is 2.89. The highest BCUT2D eigenvalue weighted by molar-refractivity contribution is 5.89. The summed E-state index contributed by atoms with van der Waals surface area (Å²) in [6.45, 7) is 5.05. The molecule has 0 fully saturated rings. The van der Waals surface area contributed by atoms with Crippen LogP contribution in [0.4, 0.5) is 0 Å². The third kappa shape index (κ3) is 4.09. The van der Waals surface area contributed by atoms with Gasteiger partial charge in [-0.25, -0.2) is 4.79 Å². The van der Waals surface area contributed by atoms with E-state index in [-0.39, 0.29) is 5.97 Å². The number of pyridine rings is 1. The minimum Gasteiger partial charge on any atom is -0.462 e. The lowest BCUT2D eigenvalue weighted by Gasteiger charge is -2.27. The molecule has 0 amide bonds. The molecule has 0 radical (unpaired) electrons. The first-order valence-electron chi connectivity index (χ1n) is 8.35. The topological polar surface area (TPSA) is 42.4 Å². The Labute approximate surface area is 142 Å². The van der Waals surface area contributed by atoms with E-state index in [0.29, 0.717) is 12.2 Å². The van der Waals surface area contributed by atoms with Crippen molar-refractivity contribution in [2.75, 3.05) is 19.7 Å². The summed E-state index contributed by atoms with van der Waals surface area (Å²) >= 11 is 0. The van der Waals surface area contributed by atoms with Gasteiger partial charge in [-0.3, -0.25) is 9.88 Å². The van der Waals surface area contributed by atoms with Crippen molar-refractivity contribution < 1.29 is 9.53 Å². The molecule has 1 aromatic heterocycles. The molecular weight excluding hydrogens is 300 g/mol. The lowest BCUT2D eigenvalue weighted by Crippen LogP contribution is -2.29. The van der Waals surface area contributed by atoms with Gasteiger partial charge in [0.1, 0.15) is 0 Å². The average molecular weight is 322 g/mol. The summed E-state index contributed by atoms with van der Waals surface area (Å²) in [4.78, 5) is 18.6. The van der Waals surface area contributed by atoms with Gasteiger partial charge in [-0.1, -0.05) is 36.4 Å². The molecule has 0 saturated carbocycles. The summed E-state index contributed by atoms with van der Waals surface area (Å²) in [7, 11) is 0. The van der Waals surface area contributed by atoms with Gasteiger partial charge in [0.15, 0.2) is 0 Å². The number of rotatable bonds is 5. The number of ether oxygens (including phenoxy) is 1. The van der Waals surface area contributed by atoms with Gasteiger partial charge in [-0.05, 0) is 36.6 Å². The van der Waals surface area contributed by atoms with Crippen LogP contribution in [0.25, 0.3) is 5.57 Å². The van der Waals surface area contributed by atoms with Crippen molar-refractivity contribution >= 4 is 11.5 Å². The zero-order chi connectivity index (χ0) is 16.8. The largest absolute Gasteiger partial charge is 0.462 e. The molecule has 124 valence electrons. The molecule has 1 aliphatic heterocycles. The first-order chi connectivity index (χ1) is 11.8. The molecule has 2 heterocycles. The van der Waals surface area contributed by atoms with Crippen LogP contribution in [0.2, 0.25) is 0 Å². The number of carbonyl (C=O) groups is 1. The van der Waals surface area contributed by atoms with Crippen LogP contribution < -0.4 is 0 Å². The van der Waals surface area contributed by atoms with Crippen molar-refractivity contribution in [3.8, 4) is 0 Å². The molecule has 0 saturated heterocycles. The lowest BCUT2D eigenvalue weighted by atomic mass is 10.0. The smallest absolute Gasteiger partial charge is 0.339 e. The van der Waals surface area contributed by atoms with Crippen molar-refractivity contribution in [2.45, 2.75) is 19.9 Å². The summed E-state index contributed by atoms with van der Waals surface area (Å²) in [6, 6.07) is 14.2. The highest BCUT2D eigenvalue weighted by Gasteiger charge is 2.16. The van der Waals surface area contributed by atoms with E-state index in [0.717, 1.165) is 31.7 Å². The van der Waals surface area contributed by atoms with Crippen molar-refractivity contribution in [3.05, 3.63) is 71.6 Å². The molecule has 4 nitrogen and oxygen atoms in total. The molecule has 0 unspecified atom stereocenters. The monoisotopic (exact) mass is 322 g/mol. The first kappa shape index (κ1) is 16.4. The van der Waals surface area contributed by atoms with Crippen molar-refractivity contribution in [3.63, 3.8) is 0 Å². The molecule has 0 spiro atoms. The second kappa shape index (κ2) is 7.88. The zero-order valence-corrected chi connectivity index (χ0v) is 13.9. The summed E-state index contributed by atoms with van der Waals surface area (Å²) in [5.74, 6) is -0.320. The third-order valence-electron chi connectivity index (χ3n) is 4.08. The van der Waals surface area contributed by atoms with Gasteiger partial charge in [0, 0.05) is 25.8 Å². The fraction of sp³-hybridized carbons (Fsp3) is 0.300. The maximum Gasteiger partial charge on any atom is 0.339 e. The van der Waals surface area contributed by atoms with Gasteiger partial charge in [0.2, 0.25) is 0 Å². The molecule has 1 aliphatic rings. The highest BCUT2D eigenvalue weighted by atomic mass is 16.5. The Morgan fingerprint density at radius 1 is 1.21 bits per heavy atom. The average Bonchev–Trinajstić information content (AvgIpc) is 2.63. The minimum atomic E-state index is -0.320. The van der Waals surface area contributed by atoms with E-state index < -0.39 is 0 Å². The molecule has 4 heteroatoms. The summed E-state index contributed by atoms with van der Waals surface area (Å²) in [6.07, 6.45) is 4.86. The number of benzene rings is 1. The zero-order valence-electron chi connectivity index (χ0n) is 13.9. The van der Waals surface area contributed by atoms with Crippen LogP contribution in [0.3, 0.4) is 0 Å². The second-order valence-corrected chi connectivity index (χ2v) is 5.87. The number of hydrogen-bond donors (Lipinski definition) is 0. The van der Waals surface area contributed by atoms with E-state index in [1.165, 1.54) is 11.1 Å². The van der Waals surface area contributed by atoms with E-state index in [2.05, 4.69) is 40.2 Å². The molecule has 1 aromatic carbocycles. The summed E-state index contributed by atoms with van der Waals surface area (Å²) in [5.41, 5.74) is 3.97. The highest BCUT2D eigenvalue weighted by Crippen LogP contribution is 2.21. The van der Waals surface area contributed by atoms with Crippen LogP contribution in [0, 0.1) is 0 Å². The van der Waals surface area contributed by atoms with E-state index in [1.807, 2.05) is 12.1 Å². The Morgan fingerprint density at radius 3 is 2.75 bits per heavy atom. The SMILES string of the molecule is CCOC(=O)c1ccc(C2=CCCN(Cc3ccccc3)C2)nc1. The van der Waals surface area contributed by atoms with E-state index in [4.69, 9.17) is 4.74 Å². The maximum absolute atomic E-state index is 11.7. The number of nitrogens with zero attached hydrogens (tertiary/aromatic N) is 2. The summed E-state index contributed by atoms with van der Waals surface area (Å²) < 4.78 is 4.99. The molecule has 0 bridgehead atoms. The van der Waals surface area contributed by atoms with Crippen LogP contribution in [-0.4, -0.2) is 35.5 Å². The van der Waals surface area contributed by atoms with Crippen molar-refractivity contribution in [1.29, 1.82) is 0 Å². The summed E-state index contributed by atoms with van der Waals surface area (Å²) in [5, 5.41) is 0. The molecule has 0 atom stereocenters. The van der Waals surface area contributed by atoms with Gasteiger partial charge in [0.05, 0.1) is 17.9 Å². The molecule has 2 aromatic rings. The number of aromatic nitrogens is 1. The minimum absolute atomic E-state index is 0.320. The maximum atomic E-state index is 11.7. The second-order valence-electron chi connectivity index (χ2n) is 5.87. The van der Waals surface area contributed by atoms with Crippen LogP contribution in [0.15, 0.2) is 54.7 Å². The van der Waals surface area contributed by atoms with Crippen LogP contribution in [-0.2, 0) is 11.3 Å². The number of esters is 1. The Kier molecular flexibility index (Phi) is 5.39. The number of carbonyl (C=O) groups excluding carboxylic acids is 1. The Hall–Kier alpha value is -2.46. The first-order valence-corrected chi connectivity index (χ1v) is 8.35. The lowest BCUT2D eigenvalue weighted by molar-refractivity contribution is 0.0526. The molecule has 0 aliphatic carbocycles. The quantitative estimate of drug-likeness (QED) is 0.790. The van der Waals surface area contributed by atoms with E-state index in [1.54, 1.807) is 19.2 Å². The Bertz CT molecular complexity index is 708. The van der Waals surface area contributed by atoms with E-state index >= 15 is 0 Å². The predicted molar refractivity (Wildman–Crippen MR) is 94.5 cm³/mol. The van der Waals surface area contributed by atoms with Crippen molar-refractivity contribution in [1.82, 2.24) is 9.88 Å². The van der Waals surface area contributed by atoms with E-state index in [9.17, 15) is 4.79 Å². The van der Waals surface area contributed by atoms with Gasteiger partial charge < -0.3 is 4.74 Å². The molecule has 0 N–H and O–H groups in total. The van der Waals surface area contributed by atoms with Gasteiger partial charge in [0.25, 0.3) is 0 Å². The normalized spacial score (nSPS) is 15.0. The van der Waals surface area contributed by atoms with Crippen LogP contribution >= 0.6 is 0 Å². The Morgan fingerprint density at radius 2 is 2.04 bits per heavy atom. The third-order valence-corrected chi connectivity index (χ3v) is 4.08. The van der Waals surface area contributed by atoms with Gasteiger partial charge in [-0.2, -0.15) is 0 Å². The predicted octanol–water partition coefficient (Wildman–Crippen LogP) is 3.55. The number of hydrogen-bond acceptors (Lipinski definition) is 4. The van der Waals surface area contributed by atoms with Gasteiger partial charge in [-0.15, -0.1) is 0 Å². The Balaban J connectivity index is 1.66. The van der Waals surface area contributed by atoms with Crippen molar-refractivity contribution in [2.24, 2.45) is 0 Å². The van der Waals surface area contributed by atoms with Crippen LogP contribution in [0.1, 0.15) is 35.0 Å². The fourth-order valence-corrected chi connectivity index (χ4v) is 2.89. The standard InChI is InChI=1S/C20H22N2O2/c1-2-24-20(23)17-10-11-19(21-13-17)18-9-6-12-22(15-18)14-16-7-4-3-5-8-16/h3-5,7-11,13H,2,6,12,14-15H2,1H3. The molecule has 24 heavy (non-hydrogen) atoms. The molecular formula is C20H22N2O2.